The van der Waals surface area contributed by atoms with Crippen molar-refractivity contribution in [2.75, 3.05) is 0 Å². The summed E-state index contributed by atoms with van der Waals surface area (Å²) in [7, 11) is -3.75. The Morgan fingerprint density at radius 3 is 2.03 bits per heavy atom. The zero-order valence-corrected chi connectivity index (χ0v) is 16.8. The molecule has 3 aromatic rings. The van der Waals surface area contributed by atoms with Gasteiger partial charge in [-0.3, -0.25) is 4.79 Å². The van der Waals surface area contributed by atoms with E-state index in [1.54, 1.807) is 0 Å². The highest BCUT2D eigenvalue weighted by atomic mass is 32.2. The van der Waals surface area contributed by atoms with Gasteiger partial charge < -0.3 is 5.73 Å². The van der Waals surface area contributed by atoms with Crippen LogP contribution >= 0.6 is 0 Å². The number of benzene rings is 3. The molecule has 0 unspecified atom stereocenters. The first-order valence-electron chi connectivity index (χ1n) is 9.47. The topological polar surface area (TPSA) is 89.3 Å². The highest BCUT2D eigenvalue weighted by Crippen LogP contribution is 2.23. The second-order valence-electron chi connectivity index (χ2n) is 6.85. The number of amides is 1. The minimum Gasteiger partial charge on any atom is -0.366 e. The Hall–Kier alpha value is -2.96. The molecule has 0 aliphatic carbocycles. The fourth-order valence-corrected chi connectivity index (χ4v) is 4.45. The molecule has 150 valence electrons. The number of sulfonamides is 1. The number of rotatable bonds is 9. The van der Waals surface area contributed by atoms with E-state index in [-0.39, 0.29) is 16.5 Å². The van der Waals surface area contributed by atoms with Gasteiger partial charge in [0.2, 0.25) is 15.9 Å². The molecular weight excluding hydrogens is 384 g/mol. The average molecular weight is 409 g/mol. The lowest BCUT2D eigenvalue weighted by atomic mass is 10.00. The highest BCUT2D eigenvalue weighted by Gasteiger charge is 2.21. The van der Waals surface area contributed by atoms with Gasteiger partial charge in [-0.05, 0) is 54.7 Å². The Bertz CT molecular complexity index is 1030. The average Bonchev–Trinajstić information content (AvgIpc) is 2.74. The van der Waals surface area contributed by atoms with Crippen molar-refractivity contribution >= 4 is 15.9 Å². The second-order valence-corrected chi connectivity index (χ2v) is 8.56. The molecule has 1 atom stereocenters. The van der Waals surface area contributed by atoms with E-state index in [2.05, 4.69) is 16.9 Å². The summed E-state index contributed by atoms with van der Waals surface area (Å²) in [6, 6.07) is 25.0. The molecule has 0 aliphatic heterocycles. The summed E-state index contributed by atoms with van der Waals surface area (Å²) in [5, 5.41) is 0. The van der Waals surface area contributed by atoms with E-state index in [0.29, 0.717) is 6.42 Å². The van der Waals surface area contributed by atoms with Crippen LogP contribution in [0.1, 0.15) is 40.4 Å². The van der Waals surface area contributed by atoms with Gasteiger partial charge in [0, 0.05) is 11.6 Å². The van der Waals surface area contributed by atoms with Crippen LogP contribution in [-0.2, 0) is 16.4 Å². The fourth-order valence-electron chi connectivity index (χ4n) is 3.19. The van der Waals surface area contributed by atoms with Crippen LogP contribution < -0.4 is 10.5 Å². The molecule has 0 aromatic heterocycles. The van der Waals surface area contributed by atoms with E-state index in [1.165, 1.54) is 29.8 Å². The van der Waals surface area contributed by atoms with Gasteiger partial charge >= 0.3 is 0 Å². The highest BCUT2D eigenvalue weighted by molar-refractivity contribution is 7.89. The number of hydrogen-bond donors (Lipinski definition) is 2. The van der Waals surface area contributed by atoms with Crippen LogP contribution in [0.4, 0.5) is 0 Å². The summed E-state index contributed by atoms with van der Waals surface area (Å²) in [5.41, 5.74) is 7.64. The number of carbonyl (C=O) groups excluding carboxylic acids is 1. The first-order chi connectivity index (χ1) is 14.0. The number of hydrogen-bond acceptors (Lipinski definition) is 3. The summed E-state index contributed by atoms with van der Waals surface area (Å²) in [4.78, 5) is 11.3. The summed E-state index contributed by atoms with van der Waals surface area (Å²) in [5.74, 6) is -0.593. The van der Waals surface area contributed by atoms with Gasteiger partial charge in [-0.2, -0.15) is 0 Å². The Kier molecular flexibility index (Phi) is 6.80. The van der Waals surface area contributed by atoms with Crippen LogP contribution in [0.3, 0.4) is 0 Å². The normalized spacial score (nSPS) is 12.4. The fraction of sp³-hybridized carbons (Fsp3) is 0.174. The number of carbonyl (C=O) groups is 1. The first kappa shape index (κ1) is 20.8. The van der Waals surface area contributed by atoms with Gasteiger partial charge in [0.05, 0.1) is 4.90 Å². The Morgan fingerprint density at radius 1 is 0.862 bits per heavy atom. The van der Waals surface area contributed by atoms with Gasteiger partial charge in [0.1, 0.15) is 0 Å². The van der Waals surface area contributed by atoms with E-state index >= 15 is 0 Å². The number of aryl methyl sites for hydroxylation is 1. The standard InChI is InChI=1S/C23H24N2O3S/c24-23(26)20-14-16-21(17-15-20)29(27,28)25-22(19-11-5-2-6-12-19)13-7-10-18-8-3-1-4-9-18/h1-6,8-9,11-12,14-17,22,25H,7,10,13H2,(H2,24,26)/t22-/m0/s1. The largest absolute Gasteiger partial charge is 0.366 e. The molecule has 0 spiro atoms. The van der Waals surface area contributed by atoms with Gasteiger partial charge in [0.25, 0.3) is 0 Å². The van der Waals surface area contributed by atoms with Crippen LogP contribution in [0, 0.1) is 0 Å². The molecule has 3 aromatic carbocycles. The van der Waals surface area contributed by atoms with Crippen molar-refractivity contribution < 1.29 is 13.2 Å². The van der Waals surface area contributed by atoms with Crippen LogP contribution in [0.2, 0.25) is 0 Å². The van der Waals surface area contributed by atoms with Crippen LogP contribution in [0.5, 0.6) is 0 Å². The Balaban J connectivity index is 1.75. The molecule has 0 saturated heterocycles. The van der Waals surface area contributed by atoms with Gasteiger partial charge in [0.15, 0.2) is 0 Å². The van der Waals surface area contributed by atoms with Crippen molar-refractivity contribution in [3.05, 3.63) is 102 Å². The summed E-state index contributed by atoms with van der Waals surface area (Å²) in [6.45, 7) is 0. The van der Waals surface area contributed by atoms with Crippen molar-refractivity contribution in [1.29, 1.82) is 0 Å². The minimum absolute atomic E-state index is 0.103. The van der Waals surface area contributed by atoms with E-state index in [9.17, 15) is 13.2 Å². The minimum atomic E-state index is -3.75. The zero-order valence-electron chi connectivity index (χ0n) is 16.0. The van der Waals surface area contributed by atoms with E-state index in [0.717, 1.165) is 18.4 Å². The first-order valence-corrected chi connectivity index (χ1v) is 10.9. The molecule has 3 N–H and O–H groups in total. The van der Waals surface area contributed by atoms with Gasteiger partial charge in [-0.25, -0.2) is 13.1 Å². The predicted molar refractivity (Wildman–Crippen MR) is 114 cm³/mol. The predicted octanol–water partition coefficient (Wildman–Crippen LogP) is 3.83. The molecule has 0 aliphatic rings. The van der Waals surface area contributed by atoms with Gasteiger partial charge in [-0.15, -0.1) is 0 Å². The summed E-state index contributed by atoms with van der Waals surface area (Å²) >= 11 is 0. The Labute approximate surface area is 171 Å². The summed E-state index contributed by atoms with van der Waals surface area (Å²) in [6.07, 6.45) is 2.38. The monoisotopic (exact) mass is 408 g/mol. The Morgan fingerprint density at radius 2 is 1.45 bits per heavy atom. The molecule has 0 radical (unpaired) electrons. The third-order valence-corrected chi connectivity index (χ3v) is 6.24. The number of nitrogens with one attached hydrogen (secondary N) is 1. The number of nitrogens with two attached hydrogens (primary N) is 1. The summed E-state index contributed by atoms with van der Waals surface area (Å²) < 4.78 is 28.6. The molecule has 0 bridgehead atoms. The zero-order chi connectivity index (χ0) is 20.7. The molecule has 3 rings (SSSR count). The maximum Gasteiger partial charge on any atom is 0.248 e. The molecule has 0 saturated carbocycles. The van der Waals surface area contributed by atoms with Crippen molar-refractivity contribution in [2.24, 2.45) is 5.73 Å². The SMILES string of the molecule is NC(=O)c1ccc(S(=O)(=O)N[C@@H](CCCc2ccccc2)c2ccccc2)cc1. The quantitative estimate of drug-likeness (QED) is 0.564. The van der Waals surface area contributed by atoms with Crippen molar-refractivity contribution in [2.45, 2.75) is 30.2 Å². The third-order valence-electron chi connectivity index (χ3n) is 4.75. The maximum atomic E-state index is 12.9. The van der Waals surface area contributed by atoms with Crippen LogP contribution in [-0.4, -0.2) is 14.3 Å². The lowest BCUT2D eigenvalue weighted by Gasteiger charge is -2.19. The molecule has 6 heteroatoms. The van der Waals surface area contributed by atoms with Crippen LogP contribution in [0.25, 0.3) is 0 Å². The van der Waals surface area contributed by atoms with Crippen molar-refractivity contribution in [1.82, 2.24) is 4.72 Å². The molecule has 0 fully saturated rings. The van der Waals surface area contributed by atoms with Crippen molar-refractivity contribution in [3.8, 4) is 0 Å². The molecule has 29 heavy (non-hydrogen) atoms. The molecular formula is C23H24N2O3S. The molecule has 0 heterocycles. The third kappa shape index (κ3) is 5.76. The smallest absolute Gasteiger partial charge is 0.248 e. The van der Waals surface area contributed by atoms with E-state index in [4.69, 9.17) is 5.73 Å². The van der Waals surface area contributed by atoms with Crippen LogP contribution in [0.15, 0.2) is 89.8 Å². The second kappa shape index (κ2) is 9.49. The van der Waals surface area contributed by atoms with E-state index in [1.807, 2.05) is 48.5 Å². The van der Waals surface area contributed by atoms with E-state index < -0.39 is 15.9 Å². The van der Waals surface area contributed by atoms with Crippen molar-refractivity contribution in [3.63, 3.8) is 0 Å². The maximum absolute atomic E-state index is 12.9. The molecule has 5 nitrogen and oxygen atoms in total. The van der Waals surface area contributed by atoms with Gasteiger partial charge in [-0.1, -0.05) is 60.7 Å². The number of primary amides is 1. The lowest BCUT2D eigenvalue weighted by molar-refractivity contribution is 0.1000. The molecule has 1 amide bonds. The lowest BCUT2D eigenvalue weighted by Crippen LogP contribution is -2.29.